The molecule has 20 heteroatoms. The Morgan fingerprint density at radius 3 is 2.43 bits per heavy atom. The van der Waals surface area contributed by atoms with Crippen LogP contribution in [0.4, 0.5) is 30.7 Å². The second-order valence-electron chi connectivity index (χ2n) is 14.2. The minimum absolute atomic E-state index is 0.0390. The van der Waals surface area contributed by atoms with Crippen molar-refractivity contribution in [3.05, 3.63) is 77.0 Å². The van der Waals surface area contributed by atoms with Crippen LogP contribution in [0.25, 0.3) is 16.9 Å². The van der Waals surface area contributed by atoms with Gasteiger partial charge in [-0.25, -0.2) is 19.0 Å². The van der Waals surface area contributed by atoms with Crippen LogP contribution in [0.1, 0.15) is 75.4 Å². The molecule has 2 aliphatic heterocycles. The molecule has 2 bridgehead atoms. The van der Waals surface area contributed by atoms with E-state index in [0.717, 1.165) is 42.6 Å². The predicted octanol–water partition coefficient (Wildman–Crippen LogP) is 6.51. The number of aromatic nitrogens is 6. The zero-order valence-electron chi connectivity index (χ0n) is 28.8. The molecule has 1 saturated carbocycles. The molecule has 1 saturated heterocycles. The SMILES string of the molecule is C[C@H](C(=O)NC[C@@H]1c2ccc(Cl)c(c2)-n2ncnc2C(F)/N=C2\N[C@](CC(C)(C)C(F)(F)F)(c3ccc(-c4cnn(C5CC5)n4)cc3)C(=O)N21)C(F)(F)F. The minimum Gasteiger partial charge on any atom is -0.353 e. The van der Waals surface area contributed by atoms with Gasteiger partial charge >= 0.3 is 12.4 Å². The highest BCUT2D eigenvalue weighted by atomic mass is 35.5. The number of guanidine groups is 1. The van der Waals surface area contributed by atoms with Gasteiger partial charge in [-0.2, -0.15) is 46.4 Å². The second-order valence-corrected chi connectivity index (χ2v) is 14.6. The van der Waals surface area contributed by atoms with E-state index in [4.69, 9.17) is 11.6 Å². The molecule has 4 aromatic rings. The van der Waals surface area contributed by atoms with Crippen LogP contribution < -0.4 is 10.6 Å². The first-order valence-electron chi connectivity index (χ1n) is 16.8. The van der Waals surface area contributed by atoms with Crippen LogP contribution in [-0.2, 0) is 15.1 Å². The van der Waals surface area contributed by atoms with E-state index in [1.807, 2.05) is 0 Å². The van der Waals surface area contributed by atoms with Gasteiger partial charge in [-0.3, -0.25) is 14.5 Å². The van der Waals surface area contributed by atoms with Gasteiger partial charge in [-0.15, -0.1) is 0 Å². The lowest BCUT2D eigenvalue weighted by molar-refractivity contribution is -0.218. The molecule has 2 aromatic heterocycles. The summed E-state index contributed by atoms with van der Waals surface area (Å²) in [6.45, 7) is 1.77. The molecule has 12 nitrogen and oxygen atoms in total. The van der Waals surface area contributed by atoms with Crippen LogP contribution in [0, 0.1) is 11.3 Å². The number of rotatable bonds is 8. The van der Waals surface area contributed by atoms with Crippen molar-refractivity contribution >= 4 is 29.4 Å². The number of nitrogens with zero attached hydrogens (tertiary/aromatic N) is 8. The molecule has 2 amide bonds. The lowest BCUT2D eigenvalue weighted by Gasteiger charge is -2.37. The van der Waals surface area contributed by atoms with E-state index in [1.54, 1.807) is 23.1 Å². The average Bonchev–Trinajstić information content (AvgIpc) is 3.50. The van der Waals surface area contributed by atoms with Gasteiger partial charge in [-0.1, -0.05) is 55.8 Å². The Kier molecular flexibility index (Phi) is 9.00. The number of nitrogens with one attached hydrogen (secondary N) is 2. The number of aliphatic imine (C=N–C) groups is 1. The first kappa shape index (κ1) is 37.3. The lowest BCUT2D eigenvalue weighted by atomic mass is 9.74. The molecular formula is C34H32ClF7N10O2. The minimum atomic E-state index is -4.91. The van der Waals surface area contributed by atoms with Crippen LogP contribution in [0.3, 0.4) is 0 Å². The lowest BCUT2D eigenvalue weighted by Crippen LogP contribution is -2.51. The quantitative estimate of drug-likeness (QED) is 0.154. The maximum Gasteiger partial charge on any atom is 0.400 e. The van der Waals surface area contributed by atoms with Crippen molar-refractivity contribution < 1.29 is 40.3 Å². The predicted molar refractivity (Wildman–Crippen MR) is 178 cm³/mol. The largest absolute Gasteiger partial charge is 0.400 e. The molecule has 54 heavy (non-hydrogen) atoms. The van der Waals surface area contributed by atoms with Crippen molar-refractivity contribution in [3.8, 4) is 16.9 Å². The van der Waals surface area contributed by atoms with Crippen LogP contribution in [0.2, 0.25) is 5.02 Å². The summed E-state index contributed by atoms with van der Waals surface area (Å²) in [5, 5.41) is 17.9. The Hall–Kier alpha value is -5.07. The van der Waals surface area contributed by atoms with Crippen molar-refractivity contribution in [1.29, 1.82) is 0 Å². The highest BCUT2D eigenvalue weighted by Crippen LogP contribution is 2.49. The first-order valence-corrected chi connectivity index (χ1v) is 17.2. The van der Waals surface area contributed by atoms with Gasteiger partial charge in [0.05, 0.1) is 34.4 Å². The Morgan fingerprint density at radius 1 is 1.07 bits per heavy atom. The monoisotopic (exact) mass is 780 g/mol. The number of benzene rings is 2. The molecule has 1 unspecified atom stereocenters. The molecule has 3 aliphatic rings. The third kappa shape index (κ3) is 6.55. The van der Waals surface area contributed by atoms with Gasteiger partial charge < -0.3 is 10.6 Å². The van der Waals surface area contributed by atoms with Gasteiger partial charge in [0, 0.05) is 12.1 Å². The number of fused-ring (bicyclic) bond motifs is 5. The van der Waals surface area contributed by atoms with Crippen LogP contribution in [-0.4, -0.2) is 71.3 Å². The van der Waals surface area contributed by atoms with Crippen LogP contribution >= 0.6 is 11.6 Å². The Bertz CT molecular complexity index is 2130. The highest BCUT2D eigenvalue weighted by Gasteiger charge is 2.60. The molecule has 4 heterocycles. The van der Waals surface area contributed by atoms with Gasteiger partial charge in [0.15, 0.2) is 5.82 Å². The summed E-state index contributed by atoms with van der Waals surface area (Å²) in [6, 6.07) is 8.88. The Balaban J connectivity index is 1.38. The maximum atomic E-state index is 16.3. The summed E-state index contributed by atoms with van der Waals surface area (Å²) in [6.07, 6.45) is -8.65. The summed E-state index contributed by atoms with van der Waals surface area (Å²) in [5.41, 5.74) is -3.55. The van der Waals surface area contributed by atoms with Gasteiger partial charge in [0.25, 0.3) is 12.2 Å². The normalized spacial score (nSPS) is 23.2. The van der Waals surface area contributed by atoms with Crippen molar-refractivity contribution in [2.24, 2.45) is 16.3 Å². The zero-order chi connectivity index (χ0) is 39.0. The molecule has 1 aliphatic carbocycles. The summed E-state index contributed by atoms with van der Waals surface area (Å²) in [7, 11) is 0. The smallest absolute Gasteiger partial charge is 0.353 e. The summed E-state index contributed by atoms with van der Waals surface area (Å²) < 4.78 is 102. The highest BCUT2D eigenvalue weighted by molar-refractivity contribution is 6.32. The number of amides is 2. The zero-order valence-corrected chi connectivity index (χ0v) is 29.5. The average molecular weight is 781 g/mol. The Labute approximate surface area is 307 Å². The fourth-order valence-electron chi connectivity index (χ4n) is 6.51. The summed E-state index contributed by atoms with van der Waals surface area (Å²) in [4.78, 5) is 38.3. The van der Waals surface area contributed by atoms with Crippen molar-refractivity contribution in [2.45, 2.75) is 76.3 Å². The third-order valence-corrected chi connectivity index (χ3v) is 10.3. The standard InChI is InChI=1S/C34H32ClF7N10O2/c1-17(33(37,38)39)28(53)43-14-25-19-6-11-22(35)24(12-19)51-27(44-16-46-51)26(36)47-30-48-32(29(54)50(25)30,15-31(2,3)34(40,41)42)20-7-4-18(5-8-20)23-13-45-52(49-23)21-9-10-21/h4-8,11-13,16-17,21,25-26H,9-10,14-15H2,1-3H3,(H,43,53)(H,47,48)/t17-,25-,26?,32-/m1/s1. The molecule has 0 spiro atoms. The number of hydrogen-bond donors (Lipinski definition) is 2. The molecule has 2 fully saturated rings. The summed E-state index contributed by atoms with van der Waals surface area (Å²) >= 11 is 6.46. The topological polar surface area (TPSA) is 135 Å². The van der Waals surface area contributed by atoms with E-state index in [0.29, 0.717) is 18.2 Å². The van der Waals surface area contributed by atoms with Crippen molar-refractivity contribution in [2.75, 3.05) is 6.54 Å². The second kappa shape index (κ2) is 13.1. The van der Waals surface area contributed by atoms with Crippen LogP contribution in [0.5, 0.6) is 0 Å². The fourth-order valence-corrected chi connectivity index (χ4v) is 6.70. The molecule has 0 radical (unpaired) electrons. The molecule has 7 rings (SSSR count). The van der Waals surface area contributed by atoms with Crippen molar-refractivity contribution in [1.82, 2.24) is 45.3 Å². The third-order valence-electron chi connectivity index (χ3n) is 9.94. The van der Waals surface area contributed by atoms with Gasteiger partial charge in [-0.05, 0) is 49.4 Å². The molecule has 4 atom stereocenters. The number of hydrogen-bond acceptors (Lipinski definition) is 8. The fraction of sp³-hybridized carbons (Fsp3) is 0.441. The number of carbonyl (C=O) groups is 2. The van der Waals surface area contributed by atoms with E-state index in [-0.39, 0.29) is 27.9 Å². The van der Waals surface area contributed by atoms with Crippen LogP contribution in [0.15, 0.2) is 60.0 Å². The van der Waals surface area contributed by atoms with Gasteiger partial charge in [0.2, 0.25) is 11.9 Å². The summed E-state index contributed by atoms with van der Waals surface area (Å²) in [5.74, 6) is -5.88. The van der Waals surface area contributed by atoms with E-state index in [9.17, 15) is 31.1 Å². The number of halogens is 8. The van der Waals surface area contributed by atoms with E-state index >= 15 is 9.18 Å². The van der Waals surface area contributed by atoms with E-state index < -0.39 is 78.1 Å². The number of alkyl halides is 7. The molecule has 2 N–H and O–H groups in total. The molecule has 286 valence electrons. The van der Waals surface area contributed by atoms with Gasteiger partial charge in [0.1, 0.15) is 23.5 Å². The van der Waals surface area contributed by atoms with E-state index in [1.165, 1.54) is 30.3 Å². The van der Waals surface area contributed by atoms with Crippen molar-refractivity contribution in [3.63, 3.8) is 0 Å². The molecular weight excluding hydrogens is 749 g/mol. The van der Waals surface area contributed by atoms with E-state index in [2.05, 4.69) is 35.9 Å². The first-order chi connectivity index (χ1) is 25.3. The number of carbonyl (C=O) groups excluding carboxylic acids is 2. The Morgan fingerprint density at radius 2 is 1.78 bits per heavy atom. The molecule has 2 aromatic carbocycles. The maximum absolute atomic E-state index is 16.3.